The minimum Gasteiger partial charge on any atom is -0.478 e. The summed E-state index contributed by atoms with van der Waals surface area (Å²) in [7, 11) is 3.11. The van der Waals surface area contributed by atoms with Crippen molar-refractivity contribution in [3.05, 3.63) is 23.2 Å². The molecule has 1 amide bonds. The average Bonchev–Trinajstić information content (AvgIpc) is 2.71. The van der Waals surface area contributed by atoms with Gasteiger partial charge in [-0.3, -0.25) is 4.79 Å². The number of ether oxygens (including phenoxy) is 1. The molecule has 1 aromatic rings. The number of rotatable bonds is 6. The molecular formula is C13H19NO5. The minimum absolute atomic E-state index is 0.120. The Morgan fingerprint density at radius 1 is 1.53 bits per heavy atom. The highest BCUT2D eigenvalue weighted by Crippen LogP contribution is 2.16. The van der Waals surface area contributed by atoms with Crippen molar-refractivity contribution in [2.24, 2.45) is 0 Å². The first-order valence-electron chi connectivity index (χ1n) is 6.01. The number of hydrogen-bond acceptors (Lipinski definition) is 4. The van der Waals surface area contributed by atoms with E-state index in [0.29, 0.717) is 17.9 Å². The standard InChI is InChI=1S/C13H19NO5/c1-5-11(18-4)12(15)14(3)7-9-6-10(13(16)17)8(2)19-9/h6,11H,5,7H2,1-4H3,(H,16,17). The van der Waals surface area contributed by atoms with E-state index in [9.17, 15) is 9.59 Å². The van der Waals surface area contributed by atoms with Crippen LogP contribution in [0.25, 0.3) is 0 Å². The molecule has 1 aromatic heterocycles. The molecule has 0 aromatic carbocycles. The molecule has 0 aliphatic heterocycles. The van der Waals surface area contributed by atoms with Gasteiger partial charge in [0.2, 0.25) is 0 Å². The number of nitrogens with zero attached hydrogens (tertiary/aromatic N) is 1. The summed E-state index contributed by atoms with van der Waals surface area (Å²) in [6.07, 6.45) is 0.0945. The van der Waals surface area contributed by atoms with E-state index in [0.717, 1.165) is 0 Å². The van der Waals surface area contributed by atoms with E-state index >= 15 is 0 Å². The molecule has 0 radical (unpaired) electrons. The first-order chi connectivity index (χ1) is 8.90. The number of carboxylic acid groups (broad SMARTS) is 1. The van der Waals surface area contributed by atoms with Crippen molar-refractivity contribution in [3.8, 4) is 0 Å². The molecule has 6 heteroatoms. The second-order valence-electron chi connectivity index (χ2n) is 4.31. The molecule has 0 bridgehead atoms. The molecule has 106 valence electrons. The lowest BCUT2D eigenvalue weighted by atomic mass is 10.2. The van der Waals surface area contributed by atoms with Gasteiger partial charge in [-0.2, -0.15) is 0 Å². The van der Waals surface area contributed by atoms with Crippen molar-refractivity contribution in [1.29, 1.82) is 0 Å². The summed E-state index contributed by atoms with van der Waals surface area (Å²) in [5, 5.41) is 8.93. The van der Waals surface area contributed by atoms with Crippen LogP contribution in [-0.2, 0) is 16.1 Å². The van der Waals surface area contributed by atoms with E-state index in [2.05, 4.69) is 0 Å². The Balaban J connectivity index is 2.77. The lowest BCUT2D eigenvalue weighted by Gasteiger charge is -2.21. The molecule has 1 N–H and O–H groups in total. The Bertz CT molecular complexity index is 462. The van der Waals surface area contributed by atoms with Crippen LogP contribution in [0.5, 0.6) is 0 Å². The number of aromatic carboxylic acids is 1. The molecule has 1 atom stereocenters. The van der Waals surface area contributed by atoms with E-state index in [-0.39, 0.29) is 18.0 Å². The van der Waals surface area contributed by atoms with Gasteiger partial charge >= 0.3 is 5.97 Å². The van der Waals surface area contributed by atoms with Gasteiger partial charge < -0.3 is 19.2 Å². The highest BCUT2D eigenvalue weighted by atomic mass is 16.5. The Kier molecular flexibility index (Phi) is 5.11. The van der Waals surface area contributed by atoms with Crippen molar-refractivity contribution < 1.29 is 23.8 Å². The topological polar surface area (TPSA) is 80.0 Å². The van der Waals surface area contributed by atoms with Crippen LogP contribution in [0.2, 0.25) is 0 Å². The summed E-state index contributed by atoms with van der Waals surface area (Å²) < 4.78 is 10.4. The number of furan rings is 1. The Morgan fingerprint density at radius 3 is 2.58 bits per heavy atom. The van der Waals surface area contributed by atoms with Crippen molar-refractivity contribution in [2.45, 2.75) is 32.9 Å². The lowest BCUT2D eigenvalue weighted by Crippen LogP contribution is -2.36. The zero-order valence-corrected chi connectivity index (χ0v) is 11.6. The van der Waals surface area contributed by atoms with Crippen LogP contribution in [0.15, 0.2) is 10.5 Å². The highest BCUT2D eigenvalue weighted by Gasteiger charge is 2.22. The third-order valence-electron chi connectivity index (χ3n) is 2.90. The molecule has 1 rings (SSSR count). The molecule has 0 saturated carbocycles. The van der Waals surface area contributed by atoms with Gasteiger partial charge in [-0.1, -0.05) is 6.92 Å². The van der Waals surface area contributed by atoms with Crippen molar-refractivity contribution in [3.63, 3.8) is 0 Å². The maximum Gasteiger partial charge on any atom is 0.339 e. The number of amides is 1. The molecule has 0 aliphatic rings. The lowest BCUT2D eigenvalue weighted by molar-refractivity contribution is -0.141. The molecule has 1 unspecified atom stereocenters. The fraction of sp³-hybridized carbons (Fsp3) is 0.538. The molecule has 0 saturated heterocycles. The predicted octanol–water partition coefficient (Wildman–Crippen LogP) is 1.67. The first-order valence-corrected chi connectivity index (χ1v) is 6.01. The summed E-state index contributed by atoms with van der Waals surface area (Å²) in [5.41, 5.74) is 0.120. The summed E-state index contributed by atoms with van der Waals surface area (Å²) in [5.74, 6) is -0.417. The van der Waals surface area contributed by atoms with Gasteiger partial charge in [0.05, 0.1) is 6.54 Å². The van der Waals surface area contributed by atoms with Crippen molar-refractivity contribution in [2.75, 3.05) is 14.2 Å². The number of carboxylic acids is 1. The van der Waals surface area contributed by atoms with E-state index in [4.69, 9.17) is 14.3 Å². The number of aryl methyl sites for hydroxylation is 1. The third-order valence-corrected chi connectivity index (χ3v) is 2.90. The Labute approximate surface area is 112 Å². The first kappa shape index (κ1) is 15.2. The van der Waals surface area contributed by atoms with E-state index < -0.39 is 12.1 Å². The van der Waals surface area contributed by atoms with E-state index in [1.807, 2.05) is 6.92 Å². The van der Waals surface area contributed by atoms with Gasteiger partial charge in [0.25, 0.3) is 5.91 Å². The maximum atomic E-state index is 12.0. The highest BCUT2D eigenvalue weighted by molar-refractivity contribution is 5.88. The van der Waals surface area contributed by atoms with Crippen LogP contribution >= 0.6 is 0 Å². The average molecular weight is 269 g/mol. The van der Waals surface area contributed by atoms with Gasteiger partial charge in [0.15, 0.2) is 0 Å². The van der Waals surface area contributed by atoms with Gasteiger partial charge in [-0.25, -0.2) is 4.79 Å². The monoisotopic (exact) mass is 269 g/mol. The van der Waals surface area contributed by atoms with Gasteiger partial charge in [-0.05, 0) is 19.4 Å². The second kappa shape index (κ2) is 6.38. The largest absolute Gasteiger partial charge is 0.478 e. The van der Waals surface area contributed by atoms with Crippen LogP contribution in [0.4, 0.5) is 0 Å². The number of methoxy groups -OCH3 is 1. The summed E-state index contributed by atoms with van der Waals surface area (Å²) in [6.45, 7) is 3.66. The van der Waals surface area contributed by atoms with Crippen LogP contribution in [-0.4, -0.2) is 42.1 Å². The van der Waals surface area contributed by atoms with Crippen molar-refractivity contribution >= 4 is 11.9 Å². The SMILES string of the molecule is CCC(OC)C(=O)N(C)Cc1cc(C(=O)O)c(C)o1. The van der Waals surface area contributed by atoms with Gasteiger partial charge in [0, 0.05) is 14.2 Å². The summed E-state index contributed by atoms with van der Waals surface area (Å²) >= 11 is 0. The summed E-state index contributed by atoms with van der Waals surface area (Å²) in [6, 6.07) is 1.44. The van der Waals surface area contributed by atoms with E-state index in [1.54, 1.807) is 14.0 Å². The van der Waals surface area contributed by atoms with E-state index in [1.165, 1.54) is 18.1 Å². The molecular weight excluding hydrogens is 250 g/mol. The minimum atomic E-state index is -1.04. The molecule has 1 heterocycles. The summed E-state index contributed by atoms with van der Waals surface area (Å²) in [4.78, 5) is 24.3. The fourth-order valence-electron chi connectivity index (χ4n) is 1.83. The molecule has 19 heavy (non-hydrogen) atoms. The normalized spacial score (nSPS) is 12.2. The van der Waals surface area contributed by atoms with Gasteiger partial charge in [0.1, 0.15) is 23.2 Å². The fourth-order valence-corrected chi connectivity index (χ4v) is 1.83. The molecule has 0 spiro atoms. The molecule has 6 nitrogen and oxygen atoms in total. The number of carbonyl (C=O) groups excluding carboxylic acids is 1. The smallest absolute Gasteiger partial charge is 0.339 e. The maximum absolute atomic E-state index is 12.0. The van der Waals surface area contributed by atoms with Crippen LogP contribution in [0.3, 0.4) is 0 Å². The third kappa shape index (κ3) is 3.57. The molecule has 0 aliphatic carbocycles. The second-order valence-corrected chi connectivity index (χ2v) is 4.31. The van der Waals surface area contributed by atoms with Crippen molar-refractivity contribution in [1.82, 2.24) is 4.90 Å². The van der Waals surface area contributed by atoms with Crippen LogP contribution < -0.4 is 0 Å². The number of hydrogen-bond donors (Lipinski definition) is 1. The molecule has 0 fully saturated rings. The quantitative estimate of drug-likeness (QED) is 0.849. The predicted molar refractivity (Wildman–Crippen MR) is 68.0 cm³/mol. The Hall–Kier alpha value is -1.82. The zero-order chi connectivity index (χ0) is 14.6. The zero-order valence-electron chi connectivity index (χ0n) is 11.6. The van der Waals surface area contributed by atoms with Crippen LogP contribution in [0, 0.1) is 6.92 Å². The number of likely N-dealkylation sites (N-methyl/N-ethyl adjacent to an activating group) is 1. The van der Waals surface area contributed by atoms with Crippen LogP contribution in [0.1, 0.15) is 35.2 Å². The number of carbonyl (C=O) groups is 2. The Morgan fingerprint density at radius 2 is 2.16 bits per heavy atom. The van der Waals surface area contributed by atoms with Gasteiger partial charge in [-0.15, -0.1) is 0 Å².